The highest BCUT2D eigenvalue weighted by atomic mass is 16.5. The normalized spacial score (nSPS) is 22.2. The van der Waals surface area contributed by atoms with Gasteiger partial charge in [-0.2, -0.15) is 0 Å². The smallest absolute Gasteiger partial charge is 0.200 e. The molecular formula is C32H38O12. The van der Waals surface area contributed by atoms with Crippen molar-refractivity contribution in [3.8, 4) is 46.0 Å². The fourth-order valence-corrected chi connectivity index (χ4v) is 5.93. The zero-order chi connectivity index (χ0) is 31.5. The molecule has 0 saturated carbocycles. The van der Waals surface area contributed by atoms with E-state index < -0.39 is 18.8 Å². The van der Waals surface area contributed by atoms with Crippen LogP contribution < -0.4 is 28.4 Å². The van der Waals surface area contributed by atoms with Crippen LogP contribution in [0.5, 0.6) is 46.0 Å². The molecule has 5 rings (SSSR count). The standard InChI is InChI=1S/C32H38O12/c1-37-22-8-16(6-7-21(22)44-27(13-33)28(34)17-9-23(38-2)29(35)24(10-17)39-3)31-19-14-43-32(20(19)15-42-31)18-11-25(40-4)30(36)26(12-18)41-5/h6-12,19-20,27-28,31-36H,13-15H2,1-5H3. The van der Waals surface area contributed by atoms with Gasteiger partial charge < -0.3 is 58.3 Å². The van der Waals surface area contributed by atoms with Crippen LogP contribution in [0.3, 0.4) is 0 Å². The van der Waals surface area contributed by atoms with Crippen LogP contribution in [-0.4, -0.2) is 81.9 Å². The highest BCUT2D eigenvalue weighted by Gasteiger charge is 2.48. The molecule has 2 aliphatic heterocycles. The fraction of sp³-hybridized carbons (Fsp3) is 0.438. The topological polar surface area (TPSA) is 155 Å². The summed E-state index contributed by atoms with van der Waals surface area (Å²) < 4.78 is 45.2. The average molecular weight is 615 g/mol. The van der Waals surface area contributed by atoms with Gasteiger partial charge in [0.1, 0.15) is 6.10 Å². The number of ether oxygens (including phenoxy) is 8. The molecule has 0 aliphatic carbocycles. The van der Waals surface area contributed by atoms with E-state index in [0.717, 1.165) is 11.1 Å². The number of aromatic hydroxyl groups is 2. The Labute approximate surface area is 255 Å². The Kier molecular flexibility index (Phi) is 9.45. The van der Waals surface area contributed by atoms with Gasteiger partial charge >= 0.3 is 0 Å². The number of aliphatic hydroxyl groups excluding tert-OH is 2. The van der Waals surface area contributed by atoms with Crippen molar-refractivity contribution in [2.45, 2.75) is 24.4 Å². The summed E-state index contributed by atoms with van der Waals surface area (Å²) in [4.78, 5) is 0. The van der Waals surface area contributed by atoms with Crippen molar-refractivity contribution in [3.63, 3.8) is 0 Å². The molecule has 2 aliphatic rings. The van der Waals surface area contributed by atoms with Gasteiger partial charge in [0.2, 0.25) is 11.5 Å². The van der Waals surface area contributed by atoms with Crippen LogP contribution >= 0.6 is 0 Å². The van der Waals surface area contributed by atoms with Crippen LogP contribution in [0.2, 0.25) is 0 Å². The van der Waals surface area contributed by atoms with E-state index in [0.29, 0.717) is 41.8 Å². The number of benzene rings is 3. The van der Waals surface area contributed by atoms with E-state index in [-0.39, 0.29) is 47.0 Å². The summed E-state index contributed by atoms with van der Waals surface area (Å²) in [7, 11) is 7.23. The predicted octanol–water partition coefficient (Wildman–Crippen LogP) is 3.69. The lowest BCUT2D eigenvalue weighted by molar-refractivity contribution is -0.000791. The third kappa shape index (κ3) is 5.73. The van der Waals surface area contributed by atoms with Crippen molar-refractivity contribution in [3.05, 3.63) is 59.2 Å². The highest BCUT2D eigenvalue weighted by Crippen LogP contribution is 2.52. The first kappa shape index (κ1) is 31.3. The minimum absolute atomic E-state index is 0.0498. The molecule has 238 valence electrons. The van der Waals surface area contributed by atoms with Gasteiger partial charge in [-0.05, 0) is 53.1 Å². The van der Waals surface area contributed by atoms with Gasteiger partial charge in [-0.1, -0.05) is 6.07 Å². The molecule has 2 fully saturated rings. The van der Waals surface area contributed by atoms with Crippen LogP contribution in [0.1, 0.15) is 35.0 Å². The van der Waals surface area contributed by atoms with Gasteiger partial charge in [0.05, 0.1) is 67.6 Å². The molecule has 6 atom stereocenters. The maximum atomic E-state index is 11.1. The Balaban J connectivity index is 1.34. The van der Waals surface area contributed by atoms with Crippen molar-refractivity contribution in [2.75, 3.05) is 55.4 Å². The number of hydrogen-bond acceptors (Lipinski definition) is 12. The second-order valence-electron chi connectivity index (χ2n) is 10.6. The summed E-state index contributed by atoms with van der Waals surface area (Å²) in [6.45, 7) is 0.410. The monoisotopic (exact) mass is 614 g/mol. The number of methoxy groups -OCH3 is 5. The SMILES string of the molecule is COc1cc(C2OCC3C(c4cc(OC)c(O)c(OC)c4)OCC23)ccc1OC(CO)C(O)c1cc(OC)c(O)c(OC)c1. The number of aliphatic hydroxyl groups is 2. The van der Waals surface area contributed by atoms with Crippen molar-refractivity contribution in [2.24, 2.45) is 11.8 Å². The average Bonchev–Trinajstić information content (AvgIpc) is 3.66. The van der Waals surface area contributed by atoms with Gasteiger partial charge in [0, 0.05) is 11.8 Å². The summed E-state index contributed by atoms with van der Waals surface area (Å²) in [5.74, 6) is 1.35. The number of phenols is 2. The molecule has 0 bridgehead atoms. The number of phenolic OH excluding ortho intramolecular Hbond substituents is 2. The van der Waals surface area contributed by atoms with Gasteiger partial charge in [-0.25, -0.2) is 0 Å². The van der Waals surface area contributed by atoms with Crippen LogP contribution in [0.15, 0.2) is 42.5 Å². The Bertz CT molecular complexity index is 1410. The summed E-state index contributed by atoms with van der Waals surface area (Å²) >= 11 is 0. The lowest BCUT2D eigenvalue weighted by atomic mass is 9.84. The summed E-state index contributed by atoms with van der Waals surface area (Å²) in [5, 5.41) is 41.8. The maximum Gasteiger partial charge on any atom is 0.200 e. The van der Waals surface area contributed by atoms with Gasteiger partial charge in [-0.15, -0.1) is 0 Å². The van der Waals surface area contributed by atoms with Crippen molar-refractivity contribution in [1.29, 1.82) is 0 Å². The van der Waals surface area contributed by atoms with E-state index >= 15 is 0 Å². The zero-order valence-electron chi connectivity index (χ0n) is 25.2. The van der Waals surface area contributed by atoms with Gasteiger partial charge in [0.15, 0.2) is 40.6 Å². The van der Waals surface area contributed by atoms with Gasteiger partial charge in [0.25, 0.3) is 0 Å². The minimum Gasteiger partial charge on any atom is -0.502 e. The first-order valence-corrected chi connectivity index (χ1v) is 14.0. The first-order valence-electron chi connectivity index (χ1n) is 14.0. The van der Waals surface area contributed by atoms with Crippen molar-refractivity contribution in [1.82, 2.24) is 0 Å². The summed E-state index contributed by atoms with van der Waals surface area (Å²) in [5.41, 5.74) is 2.00. The lowest BCUT2D eigenvalue weighted by Gasteiger charge is -2.25. The van der Waals surface area contributed by atoms with Crippen LogP contribution in [0.4, 0.5) is 0 Å². The zero-order valence-corrected chi connectivity index (χ0v) is 25.2. The van der Waals surface area contributed by atoms with Crippen molar-refractivity contribution < 1.29 is 58.3 Å². The molecule has 0 spiro atoms. The summed E-state index contributed by atoms with van der Waals surface area (Å²) in [6.07, 6.45) is -2.92. The summed E-state index contributed by atoms with van der Waals surface area (Å²) in [6, 6.07) is 11.8. The molecule has 4 N–H and O–H groups in total. The second kappa shape index (κ2) is 13.3. The molecule has 12 heteroatoms. The molecule has 2 heterocycles. The molecule has 0 aromatic heterocycles. The third-order valence-electron chi connectivity index (χ3n) is 8.27. The van der Waals surface area contributed by atoms with E-state index in [1.165, 1.54) is 47.7 Å². The Morgan fingerprint density at radius 2 is 1.11 bits per heavy atom. The maximum absolute atomic E-state index is 11.1. The van der Waals surface area contributed by atoms with E-state index in [1.54, 1.807) is 18.2 Å². The largest absolute Gasteiger partial charge is 0.502 e. The Morgan fingerprint density at radius 1 is 0.659 bits per heavy atom. The van der Waals surface area contributed by atoms with E-state index in [9.17, 15) is 20.4 Å². The molecule has 6 unspecified atom stereocenters. The van der Waals surface area contributed by atoms with Crippen LogP contribution in [0.25, 0.3) is 0 Å². The molecule has 3 aromatic rings. The molecule has 3 aromatic carbocycles. The van der Waals surface area contributed by atoms with E-state index in [2.05, 4.69) is 0 Å². The molecular weight excluding hydrogens is 576 g/mol. The van der Waals surface area contributed by atoms with Crippen LogP contribution in [-0.2, 0) is 9.47 Å². The molecule has 0 radical (unpaired) electrons. The fourth-order valence-electron chi connectivity index (χ4n) is 5.93. The minimum atomic E-state index is -1.29. The molecule has 0 amide bonds. The predicted molar refractivity (Wildman–Crippen MR) is 156 cm³/mol. The van der Waals surface area contributed by atoms with E-state index in [1.807, 2.05) is 12.1 Å². The van der Waals surface area contributed by atoms with Crippen molar-refractivity contribution >= 4 is 0 Å². The molecule has 12 nitrogen and oxygen atoms in total. The first-order chi connectivity index (χ1) is 21.3. The van der Waals surface area contributed by atoms with Gasteiger partial charge in [-0.3, -0.25) is 0 Å². The quantitative estimate of drug-likeness (QED) is 0.235. The highest BCUT2D eigenvalue weighted by molar-refractivity contribution is 5.54. The molecule has 44 heavy (non-hydrogen) atoms. The van der Waals surface area contributed by atoms with Crippen LogP contribution in [0, 0.1) is 11.8 Å². The Morgan fingerprint density at radius 3 is 1.59 bits per heavy atom. The lowest BCUT2D eigenvalue weighted by Crippen LogP contribution is -2.29. The third-order valence-corrected chi connectivity index (χ3v) is 8.27. The number of hydrogen-bond donors (Lipinski definition) is 4. The number of fused-ring (bicyclic) bond motifs is 1. The Hall–Kier alpha value is -4.10. The molecule has 2 saturated heterocycles. The van der Waals surface area contributed by atoms with E-state index in [4.69, 9.17) is 37.9 Å². The number of rotatable bonds is 12. The second-order valence-corrected chi connectivity index (χ2v) is 10.6.